The van der Waals surface area contributed by atoms with E-state index in [1.54, 1.807) is 18.7 Å². The zero-order valence-corrected chi connectivity index (χ0v) is 14.7. The molecule has 1 fully saturated rings. The lowest BCUT2D eigenvalue weighted by Crippen LogP contribution is -2.42. The summed E-state index contributed by atoms with van der Waals surface area (Å²) >= 11 is 0. The monoisotopic (exact) mass is 356 g/mol. The Morgan fingerprint density at radius 1 is 1.31 bits per heavy atom. The minimum atomic E-state index is -1.06. The van der Waals surface area contributed by atoms with E-state index in [2.05, 4.69) is 4.98 Å². The number of hydrogen-bond donors (Lipinski definition) is 1. The Balaban J connectivity index is 1.68. The molecule has 26 heavy (non-hydrogen) atoms. The van der Waals surface area contributed by atoms with Gasteiger partial charge in [-0.1, -0.05) is 18.2 Å². The van der Waals surface area contributed by atoms with Gasteiger partial charge in [-0.3, -0.25) is 9.59 Å². The number of carboxylic acids is 1. The number of hydrogen-bond acceptors (Lipinski definition) is 5. The van der Waals surface area contributed by atoms with Crippen molar-refractivity contribution in [2.24, 2.45) is 11.3 Å². The number of ether oxygens (including phenoxy) is 1. The number of aryl methyl sites for hydroxylation is 2. The zero-order chi connectivity index (χ0) is 18.5. The van der Waals surface area contributed by atoms with E-state index in [9.17, 15) is 14.7 Å². The Kier molecular flexibility index (Phi) is 3.75. The number of carboxylic acid groups (broad SMARTS) is 1. The maximum atomic E-state index is 12.9. The quantitative estimate of drug-likeness (QED) is 0.885. The zero-order valence-electron chi connectivity index (χ0n) is 14.7. The summed E-state index contributed by atoms with van der Waals surface area (Å²) in [5.74, 6) is -0.179. The van der Waals surface area contributed by atoms with Crippen molar-refractivity contribution in [3.8, 4) is 5.75 Å². The molecule has 0 spiro atoms. The van der Waals surface area contributed by atoms with Crippen LogP contribution in [0.1, 0.15) is 27.7 Å². The highest BCUT2D eigenvalue weighted by molar-refractivity contribution is 5.93. The van der Waals surface area contributed by atoms with Crippen molar-refractivity contribution in [1.29, 1.82) is 0 Å². The third-order valence-corrected chi connectivity index (χ3v) is 5.42. The van der Waals surface area contributed by atoms with Crippen LogP contribution in [0.4, 0.5) is 0 Å². The van der Waals surface area contributed by atoms with E-state index in [1.165, 1.54) is 0 Å². The first kappa shape index (κ1) is 16.6. The van der Waals surface area contributed by atoms with Crippen LogP contribution in [0.15, 0.2) is 28.7 Å². The van der Waals surface area contributed by atoms with Crippen LogP contribution < -0.4 is 4.74 Å². The fourth-order valence-electron chi connectivity index (χ4n) is 4.05. The molecule has 7 heteroatoms. The van der Waals surface area contributed by atoms with Gasteiger partial charge in [-0.05, 0) is 25.0 Å². The highest BCUT2D eigenvalue weighted by Crippen LogP contribution is 2.44. The highest BCUT2D eigenvalue weighted by Gasteiger charge is 2.55. The molecule has 3 heterocycles. The highest BCUT2D eigenvalue weighted by atomic mass is 16.5. The summed E-state index contributed by atoms with van der Waals surface area (Å²) < 4.78 is 11.3. The number of para-hydroxylation sites is 1. The number of nitrogens with zero attached hydrogens (tertiary/aromatic N) is 2. The molecule has 0 bridgehead atoms. The molecule has 1 aromatic heterocycles. The van der Waals surface area contributed by atoms with Gasteiger partial charge in [0.15, 0.2) is 5.89 Å². The van der Waals surface area contributed by atoms with Crippen molar-refractivity contribution in [3.63, 3.8) is 0 Å². The fourth-order valence-corrected chi connectivity index (χ4v) is 4.05. The average Bonchev–Trinajstić information content (AvgIpc) is 3.09. The number of aromatic nitrogens is 1. The predicted octanol–water partition coefficient (Wildman–Crippen LogP) is 2.07. The van der Waals surface area contributed by atoms with E-state index in [-0.39, 0.29) is 30.7 Å². The predicted molar refractivity (Wildman–Crippen MR) is 91.1 cm³/mol. The summed E-state index contributed by atoms with van der Waals surface area (Å²) in [6.07, 6.45) is 0.335. The number of benzene rings is 1. The van der Waals surface area contributed by atoms with E-state index < -0.39 is 11.4 Å². The topological polar surface area (TPSA) is 92.9 Å². The molecule has 136 valence electrons. The minimum absolute atomic E-state index is 0.128. The minimum Gasteiger partial charge on any atom is -0.493 e. The van der Waals surface area contributed by atoms with E-state index in [1.807, 2.05) is 24.3 Å². The standard InChI is InChI=1S/C19H20N2O5/c1-11-16(26-12(2)20-11)17(22)21-8-14-9-25-15-6-4-3-5-13(15)7-19(14,10-21)18(23)24/h3-6,14H,7-10H2,1-2H3,(H,23,24). The number of likely N-dealkylation sites (tertiary alicyclic amines) is 1. The van der Waals surface area contributed by atoms with Crippen LogP contribution in [0.3, 0.4) is 0 Å². The first-order valence-electron chi connectivity index (χ1n) is 8.58. The largest absolute Gasteiger partial charge is 0.493 e. The van der Waals surface area contributed by atoms with Gasteiger partial charge in [0.05, 0.1) is 17.7 Å². The SMILES string of the molecule is Cc1nc(C)c(C(=O)N2CC3COc4ccccc4CC3(C(=O)O)C2)o1. The second-order valence-corrected chi connectivity index (χ2v) is 7.09. The van der Waals surface area contributed by atoms with Crippen molar-refractivity contribution in [2.45, 2.75) is 20.3 Å². The van der Waals surface area contributed by atoms with Crippen molar-refractivity contribution in [1.82, 2.24) is 9.88 Å². The lowest BCUT2D eigenvalue weighted by Gasteiger charge is -2.27. The molecule has 2 atom stereocenters. The Bertz CT molecular complexity index is 890. The maximum Gasteiger partial charge on any atom is 0.312 e. The molecule has 1 amide bonds. The van der Waals surface area contributed by atoms with Gasteiger partial charge in [-0.25, -0.2) is 4.98 Å². The summed E-state index contributed by atoms with van der Waals surface area (Å²) in [4.78, 5) is 30.8. The number of rotatable bonds is 2. The molecule has 2 aromatic rings. The van der Waals surface area contributed by atoms with Crippen LogP contribution in [0, 0.1) is 25.2 Å². The summed E-state index contributed by atoms with van der Waals surface area (Å²) in [5.41, 5.74) is 0.314. The van der Waals surface area contributed by atoms with Gasteiger partial charge in [-0.2, -0.15) is 0 Å². The smallest absolute Gasteiger partial charge is 0.312 e. The lowest BCUT2D eigenvalue weighted by atomic mass is 9.74. The van der Waals surface area contributed by atoms with Crippen LogP contribution in [-0.2, 0) is 11.2 Å². The van der Waals surface area contributed by atoms with Gasteiger partial charge in [0, 0.05) is 25.9 Å². The van der Waals surface area contributed by atoms with Crippen LogP contribution >= 0.6 is 0 Å². The van der Waals surface area contributed by atoms with Crippen LogP contribution in [0.2, 0.25) is 0 Å². The summed E-state index contributed by atoms with van der Waals surface area (Å²) in [7, 11) is 0. The molecular formula is C19H20N2O5. The number of carbonyl (C=O) groups is 2. The third kappa shape index (κ3) is 2.46. The Labute approximate surface area is 150 Å². The van der Waals surface area contributed by atoms with E-state index in [4.69, 9.17) is 9.15 Å². The molecule has 4 rings (SSSR count). The van der Waals surface area contributed by atoms with Crippen molar-refractivity contribution < 1.29 is 23.8 Å². The van der Waals surface area contributed by atoms with Gasteiger partial charge < -0.3 is 19.2 Å². The van der Waals surface area contributed by atoms with E-state index in [0.29, 0.717) is 24.6 Å². The number of aliphatic carboxylic acids is 1. The van der Waals surface area contributed by atoms with Gasteiger partial charge in [0.2, 0.25) is 5.76 Å². The molecule has 1 saturated heterocycles. The molecule has 1 aromatic carbocycles. The molecule has 1 N–H and O–H groups in total. The first-order valence-corrected chi connectivity index (χ1v) is 8.58. The normalized spacial score (nSPS) is 24.4. The van der Waals surface area contributed by atoms with Crippen molar-refractivity contribution in [2.75, 3.05) is 19.7 Å². The summed E-state index contributed by atoms with van der Waals surface area (Å²) in [5, 5.41) is 10.0. The molecule has 0 radical (unpaired) electrons. The molecular weight excluding hydrogens is 336 g/mol. The number of oxazole rings is 1. The van der Waals surface area contributed by atoms with Gasteiger partial charge >= 0.3 is 5.97 Å². The van der Waals surface area contributed by atoms with Crippen molar-refractivity contribution in [3.05, 3.63) is 47.2 Å². The van der Waals surface area contributed by atoms with E-state index in [0.717, 1.165) is 11.3 Å². The Morgan fingerprint density at radius 3 is 2.77 bits per heavy atom. The molecule has 2 unspecified atom stereocenters. The van der Waals surface area contributed by atoms with Gasteiger partial charge in [0.25, 0.3) is 5.91 Å². The first-order chi connectivity index (χ1) is 12.4. The summed E-state index contributed by atoms with van der Waals surface area (Å²) in [6.45, 7) is 4.11. The van der Waals surface area contributed by atoms with E-state index >= 15 is 0 Å². The molecule has 2 aliphatic heterocycles. The molecule has 0 aliphatic carbocycles. The number of fused-ring (bicyclic) bond motifs is 2. The number of amides is 1. The Morgan fingerprint density at radius 2 is 2.08 bits per heavy atom. The van der Waals surface area contributed by atoms with Crippen LogP contribution in [0.5, 0.6) is 5.75 Å². The number of carbonyl (C=O) groups excluding carboxylic acids is 1. The molecule has 7 nitrogen and oxygen atoms in total. The van der Waals surface area contributed by atoms with Gasteiger partial charge in [-0.15, -0.1) is 0 Å². The van der Waals surface area contributed by atoms with Crippen LogP contribution in [-0.4, -0.2) is 46.6 Å². The second-order valence-electron chi connectivity index (χ2n) is 7.09. The Hall–Kier alpha value is -2.83. The third-order valence-electron chi connectivity index (χ3n) is 5.42. The second kappa shape index (κ2) is 5.86. The van der Waals surface area contributed by atoms with Crippen molar-refractivity contribution >= 4 is 11.9 Å². The summed E-state index contributed by atoms with van der Waals surface area (Å²) in [6, 6.07) is 7.49. The molecule has 0 saturated carbocycles. The molecule has 2 aliphatic rings. The lowest BCUT2D eigenvalue weighted by molar-refractivity contribution is -0.150. The maximum absolute atomic E-state index is 12.9. The fraction of sp³-hybridized carbons (Fsp3) is 0.421. The van der Waals surface area contributed by atoms with Gasteiger partial charge in [0.1, 0.15) is 5.75 Å². The average molecular weight is 356 g/mol. The van der Waals surface area contributed by atoms with Crippen LogP contribution in [0.25, 0.3) is 0 Å².